The highest BCUT2D eigenvalue weighted by Crippen LogP contribution is 2.13. The molecular formula is C53H92N12O12S2. The summed E-state index contributed by atoms with van der Waals surface area (Å²) in [5.41, 5.74) is 18.0. The SMILES string of the molecule is CSCC[C@H](NC(=O)[C@H](C)NC(=O)[C@@H](NC(=O)[C@H](NC(=O)[C@@H](N)CCCCN)C(C)C)[C@@H](C)O)C(=O)N[C@@H](CCCCN)C(=O)N[C@@H](CS)C(=O)N[C@@H](Cc1ccccc1)C(=O)N[C@@H](CC(C)C)C(=O)N[C@@H](CC(C)C)C(=O)O. The van der Waals surface area contributed by atoms with Gasteiger partial charge in [0.05, 0.1) is 12.1 Å². The monoisotopic (exact) mass is 1150 g/mol. The molecule has 1 rings (SSSR count). The van der Waals surface area contributed by atoms with Gasteiger partial charge in [0, 0.05) is 12.2 Å². The average molecular weight is 1150 g/mol. The molecule has 0 aliphatic rings. The number of thiol groups is 1. The maximum Gasteiger partial charge on any atom is 0.326 e. The number of hydrogen-bond acceptors (Lipinski definition) is 16. The minimum absolute atomic E-state index is 0.0416. The van der Waals surface area contributed by atoms with Gasteiger partial charge in [-0.2, -0.15) is 24.4 Å². The summed E-state index contributed by atoms with van der Waals surface area (Å²) < 4.78 is 0. The van der Waals surface area contributed by atoms with E-state index < -0.39 is 132 Å². The summed E-state index contributed by atoms with van der Waals surface area (Å²) in [6.45, 7) is 13.9. The van der Waals surface area contributed by atoms with E-state index in [9.17, 15) is 58.2 Å². The molecule has 0 radical (unpaired) electrons. The lowest BCUT2D eigenvalue weighted by Crippen LogP contribution is -2.62. The van der Waals surface area contributed by atoms with Crippen LogP contribution in [-0.2, 0) is 54.4 Å². The van der Waals surface area contributed by atoms with Crippen LogP contribution in [0, 0.1) is 17.8 Å². The average Bonchev–Trinajstić information content (AvgIpc) is 3.38. The summed E-state index contributed by atoms with van der Waals surface area (Å²) in [6, 6.07) is -3.79. The molecule has 0 aliphatic heterocycles. The summed E-state index contributed by atoms with van der Waals surface area (Å²) in [7, 11) is 0. The summed E-state index contributed by atoms with van der Waals surface area (Å²) in [5.74, 6) is -8.73. The van der Waals surface area contributed by atoms with Crippen LogP contribution >= 0.6 is 24.4 Å². The van der Waals surface area contributed by atoms with Crippen LogP contribution in [0.4, 0.5) is 0 Å². The zero-order chi connectivity index (χ0) is 59.9. The third kappa shape index (κ3) is 27.5. The lowest BCUT2D eigenvalue weighted by molar-refractivity contribution is -0.143. The Bertz CT molecular complexity index is 2110. The van der Waals surface area contributed by atoms with Crippen molar-refractivity contribution in [2.45, 2.75) is 186 Å². The first-order chi connectivity index (χ1) is 37.2. The summed E-state index contributed by atoms with van der Waals surface area (Å²) in [4.78, 5) is 136. The molecule has 11 atom stereocenters. The Labute approximate surface area is 475 Å². The number of carboxylic acids is 1. The van der Waals surface area contributed by atoms with Gasteiger partial charge in [-0.3, -0.25) is 43.2 Å². The van der Waals surface area contributed by atoms with E-state index in [2.05, 4.69) is 60.5 Å². The number of carbonyl (C=O) groups excluding carboxylic acids is 9. The first kappa shape index (κ1) is 71.5. The fourth-order valence-corrected chi connectivity index (χ4v) is 8.75. The number of aliphatic hydroxyl groups is 1. The highest BCUT2D eigenvalue weighted by Gasteiger charge is 2.36. The van der Waals surface area contributed by atoms with Crippen molar-refractivity contribution in [2.75, 3.05) is 30.9 Å². The predicted molar refractivity (Wildman–Crippen MR) is 307 cm³/mol. The van der Waals surface area contributed by atoms with Crippen molar-refractivity contribution in [3.63, 3.8) is 0 Å². The second-order valence-electron chi connectivity index (χ2n) is 21.0. The molecule has 0 spiro atoms. The van der Waals surface area contributed by atoms with Crippen molar-refractivity contribution in [1.82, 2.24) is 47.9 Å². The van der Waals surface area contributed by atoms with E-state index in [0.717, 1.165) is 0 Å². The van der Waals surface area contributed by atoms with Gasteiger partial charge in [0.1, 0.15) is 54.4 Å². The summed E-state index contributed by atoms with van der Waals surface area (Å²) >= 11 is 5.71. The molecule has 448 valence electrons. The van der Waals surface area contributed by atoms with Crippen LogP contribution in [-0.4, -0.2) is 167 Å². The maximum atomic E-state index is 14.1. The number of amides is 9. The fourth-order valence-electron chi connectivity index (χ4n) is 8.03. The zero-order valence-electron chi connectivity index (χ0n) is 47.4. The standard InChI is InChI=1S/C53H92N12O12S2/c1-29(2)25-38(48(71)62-40(53(76)77)26-30(3)4)60-49(72)39(27-34-17-11-10-12-18-34)61-50(73)41(28-78)63-46(69)36(20-14-16-23-55)59-47(70)37(21-24-79-9)58-44(67)32(7)57-52(75)43(33(8)66)65-51(74)42(31(5)6)64-45(68)35(56)19-13-15-22-54/h10-12,17-18,29-33,35-43,66,78H,13-16,19-28,54-56H2,1-9H3,(H,57,75)(H,58,67)(H,59,70)(H,60,72)(H,61,73)(H,62,71)(H,63,69)(H,64,68)(H,65,74)(H,76,77)/t32-,33+,35-,36-,37-,38-,39-,40-,41-,42+,43-/m0/s1. The Kier molecular flexibility index (Phi) is 34.5. The largest absolute Gasteiger partial charge is 0.480 e. The normalized spacial score (nSPS) is 15.6. The molecule has 1 aromatic rings. The molecule has 26 heteroatoms. The van der Waals surface area contributed by atoms with Gasteiger partial charge in [-0.25, -0.2) is 4.79 Å². The number of aliphatic carboxylic acids is 1. The number of thioether (sulfide) groups is 1. The van der Waals surface area contributed by atoms with Gasteiger partial charge < -0.3 is 75.3 Å². The second kappa shape index (κ2) is 38.2. The van der Waals surface area contributed by atoms with Crippen molar-refractivity contribution in [2.24, 2.45) is 35.0 Å². The first-order valence-corrected chi connectivity index (χ1v) is 29.2. The smallest absolute Gasteiger partial charge is 0.326 e. The second-order valence-corrected chi connectivity index (χ2v) is 22.3. The molecule has 0 saturated carbocycles. The fraction of sp³-hybridized carbons (Fsp3) is 0.698. The molecular weight excluding hydrogens is 1060 g/mol. The molecule has 9 amide bonds. The zero-order valence-corrected chi connectivity index (χ0v) is 49.1. The van der Waals surface area contributed by atoms with Gasteiger partial charge in [0.15, 0.2) is 0 Å². The molecule has 17 N–H and O–H groups in total. The number of carboxylic acid groups (broad SMARTS) is 1. The number of benzene rings is 1. The van der Waals surface area contributed by atoms with Crippen LogP contribution < -0.4 is 65.1 Å². The summed E-state index contributed by atoms with van der Waals surface area (Å²) in [5, 5.41) is 43.8. The van der Waals surface area contributed by atoms with Crippen LogP contribution in [0.5, 0.6) is 0 Å². The van der Waals surface area contributed by atoms with E-state index in [4.69, 9.17) is 17.2 Å². The molecule has 0 bridgehead atoms. The molecule has 79 heavy (non-hydrogen) atoms. The van der Waals surface area contributed by atoms with Gasteiger partial charge >= 0.3 is 5.97 Å². The Morgan fingerprint density at radius 2 is 0.962 bits per heavy atom. The molecule has 0 aromatic heterocycles. The van der Waals surface area contributed by atoms with E-state index in [1.807, 2.05) is 27.7 Å². The molecule has 0 heterocycles. The van der Waals surface area contributed by atoms with E-state index in [-0.39, 0.29) is 56.2 Å². The maximum absolute atomic E-state index is 14.1. The lowest BCUT2D eigenvalue weighted by atomic mass is 9.99. The van der Waals surface area contributed by atoms with Crippen LogP contribution in [0.1, 0.15) is 119 Å². The van der Waals surface area contributed by atoms with Crippen molar-refractivity contribution in [3.05, 3.63) is 35.9 Å². The van der Waals surface area contributed by atoms with Crippen LogP contribution in [0.3, 0.4) is 0 Å². The van der Waals surface area contributed by atoms with Gasteiger partial charge in [-0.05, 0) is 114 Å². The number of unbranched alkanes of at least 4 members (excludes halogenated alkanes) is 2. The van der Waals surface area contributed by atoms with E-state index >= 15 is 0 Å². The Balaban J connectivity index is 3.35. The topological polar surface area (TPSA) is 397 Å². The van der Waals surface area contributed by atoms with Gasteiger partial charge in [0.25, 0.3) is 0 Å². The van der Waals surface area contributed by atoms with Crippen molar-refractivity contribution >= 4 is 83.5 Å². The number of hydrogen-bond donors (Lipinski definition) is 15. The molecule has 0 fully saturated rings. The van der Waals surface area contributed by atoms with E-state index in [0.29, 0.717) is 50.0 Å². The quantitative estimate of drug-likeness (QED) is 0.0280. The lowest BCUT2D eigenvalue weighted by Gasteiger charge is -2.28. The van der Waals surface area contributed by atoms with E-state index in [1.165, 1.54) is 25.6 Å². The van der Waals surface area contributed by atoms with Crippen LogP contribution in [0.25, 0.3) is 0 Å². The minimum atomic E-state index is -1.58. The number of nitrogens with two attached hydrogens (primary N) is 3. The van der Waals surface area contributed by atoms with Crippen molar-refractivity contribution < 1.29 is 58.2 Å². The first-order valence-electron chi connectivity index (χ1n) is 27.1. The molecule has 1 aromatic carbocycles. The van der Waals surface area contributed by atoms with Gasteiger partial charge in [-0.1, -0.05) is 78.3 Å². The number of rotatable bonds is 39. The van der Waals surface area contributed by atoms with Crippen molar-refractivity contribution in [1.29, 1.82) is 0 Å². The van der Waals surface area contributed by atoms with Gasteiger partial charge in [-0.15, -0.1) is 0 Å². The highest BCUT2D eigenvalue weighted by molar-refractivity contribution is 7.98. The third-order valence-corrected chi connectivity index (χ3v) is 13.6. The van der Waals surface area contributed by atoms with Crippen molar-refractivity contribution in [3.8, 4) is 0 Å². The highest BCUT2D eigenvalue weighted by atomic mass is 32.2. The summed E-state index contributed by atoms with van der Waals surface area (Å²) in [6.07, 6.45) is 3.12. The Hall–Kier alpha value is -5.54. The number of aliphatic hydroxyl groups excluding tert-OH is 1. The Morgan fingerprint density at radius 3 is 1.48 bits per heavy atom. The third-order valence-electron chi connectivity index (χ3n) is 12.6. The van der Waals surface area contributed by atoms with Crippen LogP contribution in [0.2, 0.25) is 0 Å². The number of nitrogens with one attached hydrogen (secondary N) is 9. The molecule has 24 nitrogen and oxygen atoms in total. The van der Waals surface area contributed by atoms with E-state index in [1.54, 1.807) is 50.4 Å². The molecule has 0 saturated heterocycles. The number of carbonyl (C=O) groups is 10. The minimum Gasteiger partial charge on any atom is -0.480 e. The molecule has 0 aliphatic carbocycles. The molecule has 0 unspecified atom stereocenters. The Morgan fingerprint density at radius 1 is 0.519 bits per heavy atom. The predicted octanol–water partition coefficient (Wildman–Crippen LogP) is -0.906. The van der Waals surface area contributed by atoms with Gasteiger partial charge in [0.2, 0.25) is 53.2 Å². The van der Waals surface area contributed by atoms with Crippen LogP contribution in [0.15, 0.2) is 30.3 Å².